The molecule has 0 aliphatic rings. The van der Waals surface area contributed by atoms with E-state index >= 15 is 0 Å². The fraction of sp³-hybridized carbons (Fsp3) is 0.500. The van der Waals surface area contributed by atoms with Crippen LogP contribution in [0.4, 0.5) is 17.6 Å². The molecule has 0 bridgehead atoms. The Labute approximate surface area is 103 Å². The summed E-state index contributed by atoms with van der Waals surface area (Å²) in [6.45, 7) is -0.963. The fourth-order valence-electron chi connectivity index (χ4n) is 1.61. The minimum Gasteiger partial charge on any atom is -0.396 e. The van der Waals surface area contributed by atoms with Gasteiger partial charge in [-0.2, -0.15) is 13.2 Å². The van der Waals surface area contributed by atoms with E-state index in [9.17, 15) is 17.6 Å². The number of benzene rings is 1. The van der Waals surface area contributed by atoms with Crippen molar-refractivity contribution in [3.05, 3.63) is 35.6 Å². The van der Waals surface area contributed by atoms with Crippen molar-refractivity contribution < 1.29 is 22.7 Å². The van der Waals surface area contributed by atoms with Crippen molar-refractivity contribution in [2.75, 3.05) is 19.7 Å². The van der Waals surface area contributed by atoms with Crippen LogP contribution in [0.15, 0.2) is 24.3 Å². The molecule has 0 saturated heterocycles. The lowest BCUT2D eigenvalue weighted by molar-refractivity contribution is -0.147. The summed E-state index contributed by atoms with van der Waals surface area (Å²) in [6, 6.07) is 5.34. The highest BCUT2D eigenvalue weighted by Gasteiger charge is 2.30. The van der Waals surface area contributed by atoms with E-state index in [0.29, 0.717) is 5.56 Å². The molecular weight excluding hydrogens is 250 g/mol. The number of alkyl halides is 3. The molecular formula is C12H15F4NO. The zero-order chi connectivity index (χ0) is 13.6. The highest BCUT2D eigenvalue weighted by Crippen LogP contribution is 2.18. The molecule has 2 nitrogen and oxygen atoms in total. The molecule has 0 spiro atoms. The number of aliphatic hydroxyl groups is 1. The van der Waals surface area contributed by atoms with E-state index in [-0.39, 0.29) is 26.1 Å². The normalized spacial score (nSPS) is 12.1. The van der Waals surface area contributed by atoms with Crippen molar-refractivity contribution in [2.45, 2.75) is 19.1 Å². The van der Waals surface area contributed by atoms with Crippen molar-refractivity contribution in [3.63, 3.8) is 0 Å². The number of nitrogens with zero attached hydrogens (tertiary/aromatic N) is 1. The first-order valence-corrected chi connectivity index (χ1v) is 5.55. The van der Waals surface area contributed by atoms with Gasteiger partial charge in [-0.15, -0.1) is 0 Å². The molecule has 0 amide bonds. The van der Waals surface area contributed by atoms with Gasteiger partial charge in [0, 0.05) is 19.7 Å². The molecule has 0 saturated carbocycles. The summed E-state index contributed by atoms with van der Waals surface area (Å²) in [5.41, 5.74) is 0.610. The summed E-state index contributed by atoms with van der Waals surface area (Å²) >= 11 is 0. The number of halogens is 4. The minimum absolute atomic E-state index is 0.0831. The van der Waals surface area contributed by atoms with Crippen LogP contribution in [0.1, 0.15) is 12.0 Å². The van der Waals surface area contributed by atoms with E-state index in [1.165, 1.54) is 29.2 Å². The van der Waals surface area contributed by atoms with E-state index < -0.39 is 18.5 Å². The number of aliphatic hydroxyl groups excluding tert-OH is 1. The predicted octanol–water partition coefficient (Wildman–Crippen LogP) is 2.57. The Hall–Kier alpha value is -1.14. The first-order chi connectivity index (χ1) is 8.40. The largest absolute Gasteiger partial charge is 0.401 e. The highest BCUT2D eigenvalue weighted by molar-refractivity contribution is 5.15. The number of rotatable bonds is 6. The third-order valence-electron chi connectivity index (χ3n) is 2.35. The molecule has 0 atom stereocenters. The zero-order valence-corrected chi connectivity index (χ0v) is 9.75. The third-order valence-corrected chi connectivity index (χ3v) is 2.35. The standard InChI is InChI=1S/C12H15F4NO/c13-11-4-2-10(3-5-11)8-17(6-1-7-18)9-12(14,15)16/h2-5,18H,1,6-9H2. The van der Waals surface area contributed by atoms with Crippen LogP contribution in [0.3, 0.4) is 0 Å². The Balaban J connectivity index is 2.62. The maximum Gasteiger partial charge on any atom is 0.401 e. The quantitative estimate of drug-likeness (QED) is 0.799. The SMILES string of the molecule is OCCCN(Cc1ccc(F)cc1)CC(F)(F)F. The van der Waals surface area contributed by atoms with Gasteiger partial charge in [0.15, 0.2) is 0 Å². The van der Waals surface area contributed by atoms with Gasteiger partial charge in [-0.3, -0.25) is 4.90 Å². The minimum atomic E-state index is -4.28. The molecule has 0 aliphatic heterocycles. The Morgan fingerprint density at radius 3 is 2.22 bits per heavy atom. The van der Waals surface area contributed by atoms with E-state index in [2.05, 4.69) is 0 Å². The smallest absolute Gasteiger partial charge is 0.396 e. The van der Waals surface area contributed by atoms with Crippen LogP contribution in [0.2, 0.25) is 0 Å². The molecule has 18 heavy (non-hydrogen) atoms. The molecule has 1 rings (SSSR count). The van der Waals surface area contributed by atoms with Crippen LogP contribution in [0.25, 0.3) is 0 Å². The maximum absolute atomic E-state index is 12.7. The molecule has 0 unspecified atom stereocenters. The van der Waals surface area contributed by atoms with E-state index in [0.717, 1.165) is 0 Å². The second-order valence-electron chi connectivity index (χ2n) is 4.03. The van der Waals surface area contributed by atoms with Crippen LogP contribution in [0, 0.1) is 5.82 Å². The van der Waals surface area contributed by atoms with Gasteiger partial charge >= 0.3 is 6.18 Å². The lowest BCUT2D eigenvalue weighted by atomic mass is 10.2. The summed E-state index contributed by atoms with van der Waals surface area (Å²) < 4.78 is 49.7. The first-order valence-electron chi connectivity index (χ1n) is 5.55. The molecule has 0 heterocycles. The van der Waals surface area contributed by atoms with E-state index in [1.807, 2.05) is 0 Å². The van der Waals surface area contributed by atoms with Crippen LogP contribution in [0.5, 0.6) is 0 Å². The fourth-order valence-corrected chi connectivity index (χ4v) is 1.61. The van der Waals surface area contributed by atoms with Gasteiger partial charge < -0.3 is 5.11 Å². The van der Waals surface area contributed by atoms with Crippen LogP contribution in [-0.4, -0.2) is 35.9 Å². The molecule has 1 N–H and O–H groups in total. The molecule has 1 aromatic carbocycles. The molecule has 6 heteroatoms. The van der Waals surface area contributed by atoms with Crippen molar-refractivity contribution in [1.82, 2.24) is 4.90 Å². The summed E-state index contributed by atoms with van der Waals surface area (Å²) in [6.07, 6.45) is -4.01. The summed E-state index contributed by atoms with van der Waals surface area (Å²) in [5.74, 6) is -0.420. The lowest BCUT2D eigenvalue weighted by Gasteiger charge is -2.23. The molecule has 0 aromatic heterocycles. The predicted molar refractivity (Wildman–Crippen MR) is 59.4 cm³/mol. The summed E-state index contributed by atoms with van der Waals surface area (Å²) in [4.78, 5) is 1.18. The zero-order valence-electron chi connectivity index (χ0n) is 9.75. The Morgan fingerprint density at radius 2 is 1.72 bits per heavy atom. The molecule has 102 valence electrons. The number of hydrogen-bond donors (Lipinski definition) is 1. The van der Waals surface area contributed by atoms with Crippen molar-refractivity contribution in [1.29, 1.82) is 0 Å². The van der Waals surface area contributed by atoms with Gasteiger partial charge in [0.25, 0.3) is 0 Å². The highest BCUT2D eigenvalue weighted by atomic mass is 19.4. The maximum atomic E-state index is 12.7. The second kappa shape index (κ2) is 6.70. The first kappa shape index (κ1) is 14.9. The van der Waals surface area contributed by atoms with E-state index in [4.69, 9.17) is 5.11 Å². The van der Waals surface area contributed by atoms with Crippen LogP contribution in [-0.2, 0) is 6.54 Å². The van der Waals surface area contributed by atoms with Gasteiger partial charge in [0.2, 0.25) is 0 Å². The summed E-state index contributed by atoms with van der Waals surface area (Å²) in [5, 5.41) is 8.66. The second-order valence-corrected chi connectivity index (χ2v) is 4.03. The van der Waals surface area contributed by atoms with Gasteiger partial charge in [-0.05, 0) is 24.1 Å². The van der Waals surface area contributed by atoms with E-state index in [1.54, 1.807) is 0 Å². The topological polar surface area (TPSA) is 23.5 Å². The van der Waals surface area contributed by atoms with Gasteiger partial charge in [0.1, 0.15) is 5.82 Å². The van der Waals surface area contributed by atoms with Gasteiger partial charge in [0.05, 0.1) is 6.54 Å². The van der Waals surface area contributed by atoms with Gasteiger partial charge in [-0.25, -0.2) is 4.39 Å². The lowest BCUT2D eigenvalue weighted by Crippen LogP contribution is -2.34. The summed E-state index contributed by atoms with van der Waals surface area (Å²) in [7, 11) is 0. The average molecular weight is 265 g/mol. The van der Waals surface area contributed by atoms with Crippen LogP contribution >= 0.6 is 0 Å². The van der Waals surface area contributed by atoms with Crippen LogP contribution < -0.4 is 0 Å². The molecule has 0 fully saturated rings. The Morgan fingerprint density at radius 1 is 1.11 bits per heavy atom. The monoisotopic (exact) mass is 265 g/mol. The van der Waals surface area contributed by atoms with Gasteiger partial charge in [-0.1, -0.05) is 12.1 Å². The molecule has 0 radical (unpaired) electrons. The Kier molecular flexibility index (Phi) is 5.55. The molecule has 0 aliphatic carbocycles. The van der Waals surface area contributed by atoms with Crippen molar-refractivity contribution in [3.8, 4) is 0 Å². The Bertz CT molecular complexity index is 350. The number of hydrogen-bond acceptors (Lipinski definition) is 2. The average Bonchev–Trinajstić information content (AvgIpc) is 2.27. The third kappa shape index (κ3) is 5.97. The van der Waals surface area contributed by atoms with Crippen molar-refractivity contribution in [2.24, 2.45) is 0 Å². The molecule has 1 aromatic rings. The van der Waals surface area contributed by atoms with Crippen molar-refractivity contribution >= 4 is 0 Å².